The zero-order valence-corrected chi connectivity index (χ0v) is 16.4. The van der Waals surface area contributed by atoms with Crippen molar-refractivity contribution in [2.45, 2.75) is 6.92 Å². The van der Waals surface area contributed by atoms with Gasteiger partial charge in [0.05, 0.1) is 28.8 Å². The molecule has 0 radical (unpaired) electrons. The maximum atomic E-state index is 12.7. The Bertz CT molecular complexity index is 1120. The minimum absolute atomic E-state index is 0.242. The van der Waals surface area contributed by atoms with Crippen LogP contribution in [-0.4, -0.2) is 20.7 Å². The molecule has 0 aliphatic heterocycles. The van der Waals surface area contributed by atoms with Gasteiger partial charge in [-0.1, -0.05) is 29.8 Å². The molecule has 2 aromatic carbocycles. The van der Waals surface area contributed by atoms with Crippen LogP contribution < -0.4 is 10.6 Å². The molecule has 6 nitrogen and oxygen atoms in total. The molecule has 0 saturated carbocycles. The molecule has 29 heavy (non-hydrogen) atoms. The van der Waals surface area contributed by atoms with E-state index in [1.807, 2.05) is 48.5 Å². The predicted molar refractivity (Wildman–Crippen MR) is 115 cm³/mol. The maximum Gasteiger partial charge on any atom is 0.259 e. The van der Waals surface area contributed by atoms with Crippen molar-refractivity contribution in [1.82, 2.24) is 14.8 Å². The lowest BCUT2D eigenvalue weighted by molar-refractivity contribution is 0.102. The van der Waals surface area contributed by atoms with Crippen LogP contribution in [0.1, 0.15) is 16.1 Å². The summed E-state index contributed by atoms with van der Waals surface area (Å²) in [6, 6.07) is 20.6. The van der Waals surface area contributed by atoms with Crippen molar-refractivity contribution in [3.05, 3.63) is 95.4 Å². The van der Waals surface area contributed by atoms with E-state index in [4.69, 9.17) is 11.6 Å². The van der Waals surface area contributed by atoms with Gasteiger partial charge in [-0.05, 0) is 55.5 Å². The number of rotatable bonds is 5. The van der Waals surface area contributed by atoms with Crippen LogP contribution >= 0.6 is 11.6 Å². The predicted octanol–water partition coefficient (Wildman–Crippen LogP) is 5.23. The first-order valence-corrected chi connectivity index (χ1v) is 9.38. The zero-order valence-electron chi connectivity index (χ0n) is 15.6. The van der Waals surface area contributed by atoms with Crippen molar-refractivity contribution in [3.63, 3.8) is 0 Å². The van der Waals surface area contributed by atoms with Gasteiger partial charge in [0.1, 0.15) is 5.82 Å². The zero-order chi connectivity index (χ0) is 20.2. The Morgan fingerprint density at radius 1 is 0.966 bits per heavy atom. The van der Waals surface area contributed by atoms with E-state index in [-0.39, 0.29) is 5.91 Å². The van der Waals surface area contributed by atoms with Gasteiger partial charge in [0.15, 0.2) is 0 Å². The second kappa shape index (κ2) is 8.16. The Kier molecular flexibility index (Phi) is 5.27. The lowest BCUT2D eigenvalue weighted by Gasteiger charge is -2.07. The summed E-state index contributed by atoms with van der Waals surface area (Å²) < 4.78 is 1.66. The highest BCUT2D eigenvalue weighted by Crippen LogP contribution is 2.18. The molecule has 0 saturated heterocycles. The molecule has 2 aromatic heterocycles. The number of nitrogens with one attached hydrogen (secondary N) is 2. The van der Waals surface area contributed by atoms with Gasteiger partial charge in [-0.2, -0.15) is 5.10 Å². The van der Waals surface area contributed by atoms with E-state index in [2.05, 4.69) is 20.7 Å². The summed E-state index contributed by atoms with van der Waals surface area (Å²) in [6.45, 7) is 1.80. The number of carbonyl (C=O) groups is 1. The number of anilines is 3. The maximum absolute atomic E-state index is 12.7. The Hall–Kier alpha value is -3.64. The van der Waals surface area contributed by atoms with Crippen LogP contribution in [0, 0.1) is 6.92 Å². The van der Waals surface area contributed by atoms with Gasteiger partial charge in [0.2, 0.25) is 0 Å². The van der Waals surface area contributed by atoms with Crippen LogP contribution in [0.4, 0.5) is 17.2 Å². The smallest absolute Gasteiger partial charge is 0.259 e. The van der Waals surface area contributed by atoms with E-state index in [9.17, 15) is 4.79 Å². The number of nitrogens with zero attached hydrogens (tertiary/aromatic N) is 3. The fraction of sp³-hybridized carbons (Fsp3) is 0.0455. The van der Waals surface area contributed by atoms with E-state index < -0.39 is 0 Å². The van der Waals surface area contributed by atoms with E-state index >= 15 is 0 Å². The molecular weight excluding hydrogens is 386 g/mol. The van der Waals surface area contributed by atoms with E-state index in [1.54, 1.807) is 42.2 Å². The van der Waals surface area contributed by atoms with Crippen molar-refractivity contribution in [3.8, 4) is 5.69 Å². The third kappa shape index (κ3) is 4.44. The van der Waals surface area contributed by atoms with Crippen molar-refractivity contribution >= 4 is 34.7 Å². The first-order valence-electron chi connectivity index (χ1n) is 9.00. The van der Waals surface area contributed by atoms with Crippen LogP contribution in [0.3, 0.4) is 0 Å². The number of para-hydroxylation sites is 1. The highest BCUT2D eigenvalue weighted by Gasteiger charge is 2.14. The highest BCUT2D eigenvalue weighted by molar-refractivity contribution is 6.30. The molecule has 0 aliphatic rings. The summed E-state index contributed by atoms with van der Waals surface area (Å²) in [5, 5.41) is 11.1. The van der Waals surface area contributed by atoms with Crippen LogP contribution in [0.15, 0.2) is 79.1 Å². The van der Waals surface area contributed by atoms with E-state index in [0.717, 1.165) is 11.4 Å². The lowest BCUT2D eigenvalue weighted by Crippen LogP contribution is -2.12. The molecule has 0 atom stereocenters. The molecule has 2 heterocycles. The third-order valence-corrected chi connectivity index (χ3v) is 4.55. The number of pyridine rings is 1. The molecule has 0 aliphatic carbocycles. The largest absolute Gasteiger partial charge is 0.340 e. The number of aryl methyl sites for hydroxylation is 1. The van der Waals surface area contributed by atoms with Gasteiger partial charge >= 0.3 is 0 Å². The molecule has 1 amide bonds. The molecule has 0 spiro atoms. The first-order chi connectivity index (χ1) is 14.1. The average Bonchev–Trinajstić information content (AvgIpc) is 3.12. The van der Waals surface area contributed by atoms with E-state index in [0.29, 0.717) is 27.8 Å². The number of aromatic nitrogens is 3. The SMILES string of the molecule is Cc1nn(-c2ccc(Cl)cc2)cc1C(=O)Nc1ccc(Nc2ccccc2)nc1. The Morgan fingerprint density at radius 3 is 2.41 bits per heavy atom. The number of carbonyl (C=O) groups excluding carboxylic acids is 1. The molecular formula is C22H18ClN5O. The Labute approximate surface area is 173 Å². The lowest BCUT2D eigenvalue weighted by atomic mass is 10.2. The van der Waals surface area contributed by atoms with Gasteiger partial charge < -0.3 is 10.6 Å². The normalized spacial score (nSPS) is 10.6. The van der Waals surface area contributed by atoms with E-state index in [1.165, 1.54) is 0 Å². The van der Waals surface area contributed by atoms with Crippen molar-refractivity contribution in [2.75, 3.05) is 10.6 Å². The third-order valence-electron chi connectivity index (χ3n) is 4.30. The van der Waals surface area contributed by atoms with Gasteiger partial charge in [0, 0.05) is 16.9 Å². The molecule has 4 rings (SSSR count). The minimum atomic E-state index is -0.242. The highest BCUT2D eigenvalue weighted by atomic mass is 35.5. The van der Waals surface area contributed by atoms with Crippen LogP contribution in [-0.2, 0) is 0 Å². The Morgan fingerprint density at radius 2 is 1.72 bits per heavy atom. The van der Waals surface area contributed by atoms with Crippen LogP contribution in [0.2, 0.25) is 5.02 Å². The summed E-state index contributed by atoms with van der Waals surface area (Å²) in [5.74, 6) is 0.453. The van der Waals surface area contributed by atoms with Crippen molar-refractivity contribution in [1.29, 1.82) is 0 Å². The van der Waals surface area contributed by atoms with Crippen LogP contribution in [0.5, 0.6) is 0 Å². The minimum Gasteiger partial charge on any atom is -0.340 e. The Balaban J connectivity index is 1.46. The fourth-order valence-electron chi connectivity index (χ4n) is 2.82. The molecule has 2 N–H and O–H groups in total. The summed E-state index contributed by atoms with van der Waals surface area (Å²) in [6.07, 6.45) is 3.31. The van der Waals surface area contributed by atoms with Gasteiger partial charge in [-0.25, -0.2) is 9.67 Å². The summed E-state index contributed by atoms with van der Waals surface area (Å²) in [4.78, 5) is 17.0. The van der Waals surface area contributed by atoms with Crippen molar-refractivity contribution in [2.24, 2.45) is 0 Å². The summed E-state index contributed by atoms with van der Waals surface area (Å²) in [5.41, 5.74) is 3.50. The molecule has 0 fully saturated rings. The monoisotopic (exact) mass is 403 g/mol. The van der Waals surface area contributed by atoms with Gasteiger partial charge in [-0.15, -0.1) is 0 Å². The number of hydrogen-bond acceptors (Lipinski definition) is 4. The molecule has 7 heteroatoms. The topological polar surface area (TPSA) is 71.8 Å². The molecule has 4 aromatic rings. The number of hydrogen-bond donors (Lipinski definition) is 2. The summed E-state index contributed by atoms with van der Waals surface area (Å²) >= 11 is 5.93. The number of amides is 1. The van der Waals surface area contributed by atoms with Crippen LogP contribution in [0.25, 0.3) is 5.69 Å². The second-order valence-electron chi connectivity index (χ2n) is 6.43. The number of halogens is 1. The van der Waals surface area contributed by atoms with Crippen molar-refractivity contribution < 1.29 is 4.79 Å². The van der Waals surface area contributed by atoms with Gasteiger partial charge in [-0.3, -0.25) is 4.79 Å². The fourth-order valence-corrected chi connectivity index (χ4v) is 2.94. The first kappa shape index (κ1) is 18.7. The quantitative estimate of drug-likeness (QED) is 0.479. The standard InChI is InChI=1S/C22H18ClN5O/c1-15-20(14-28(27-15)19-10-7-16(23)8-11-19)22(29)26-18-9-12-21(24-13-18)25-17-5-3-2-4-6-17/h2-14H,1H3,(H,24,25)(H,26,29). The number of benzene rings is 2. The average molecular weight is 404 g/mol. The molecule has 144 valence electrons. The second-order valence-corrected chi connectivity index (χ2v) is 6.86. The van der Waals surface area contributed by atoms with Gasteiger partial charge in [0.25, 0.3) is 5.91 Å². The summed E-state index contributed by atoms with van der Waals surface area (Å²) in [7, 11) is 0. The molecule has 0 bridgehead atoms. The molecule has 0 unspecified atom stereocenters.